The van der Waals surface area contributed by atoms with E-state index in [1.807, 2.05) is 25.1 Å². The van der Waals surface area contributed by atoms with Gasteiger partial charge in [0, 0.05) is 25.7 Å². The van der Waals surface area contributed by atoms with Crippen LogP contribution in [-0.4, -0.2) is 26.1 Å². The molecule has 1 aromatic rings. The Bertz CT molecular complexity index is 334. The fourth-order valence-corrected chi connectivity index (χ4v) is 1.45. The lowest BCUT2D eigenvalue weighted by Crippen LogP contribution is -2.02. The van der Waals surface area contributed by atoms with Gasteiger partial charge in [-0.3, -0.25) is 4.79 Å². The van der Waals surface area contributed by atoms with Crippen LogP contribution in [0.15, 0.2) is 24.3 Å². The first-order valence-electron chi connectivity index (χ1n) is 5.53. The highest BCUT2D eigenvalue weighted by atomic mass is 16.5. The number of hydrogen-bond donors (Lipinski definition) is 0. The van der Waals surface area contributed by atoms with Crippen molar-refractivity contribution >= 4 is 5.78 Å². The van der Waals surface area contributed by atoms with E-state index in [0.717, 1.165) is 12.2 Å². The summed E-state index contributed by atoms with van der Waals surface area (Å²) in [5.74, 6) is 0.888. The summed E-state index contributed by atoms with van der Waals surface area (Å²) >= 11 is 0. The van der Waals surface area contributed by atoms with E-state index in [-0.39, 0.29) is 5.78 Å². The van der Waals surface area contributed by atoms with Crippen molar-refractivity contribution in [3.05, 3.63) is 29.8 Å². The summed E-state index contributed by atoms with van der Waals surface area (Å²) < 4.78 is 10.3. The molecule has 0 aromatic heterocycles. The number of ether oxygens (including phenoxy) is 2. The summed E-state index contributed by atoms with van der Waals surface area (Å²) in [6.07, 6.45) is 1.28. The molecule has 0 bridgehead atoms. The molecule has 0 radical (unpaired) electrons. The van der Waals surface area contributed by atoms with Crippen molar-refractivity contribution < 1.29 is 14.3 Å². The van der Waals surface area contributed by atoms with E-state index in [0.29, 0.717) is 25.2 Å². The van der Waals surface area contributed by atoms with Crippen LogP contribution in [0.3, 0.4) is 0 Å². The zero-order chi connectivity index (χ0) is 11.8. The minimum atomic E-state index is 0.138. The molecule has 1 aromatic carbocycles. The Kier molecular flexibility index (Phi) is 5.57. The van der Waals surface area contributed by atoms with Gasteiger partial charge in [-0.2, -0.15) is 0 Å². The maximum Gasteiger partial charge on any atom is 0.163 e. The van der Waals surface area contributed by atoms with Gasteiger partial charge in [0.25, 0.3) is 0 Å². The Labute approximate surface area is 96.4 Å². The number of carbonyl (C=O) groups excluding carboxylic acids is 1. The van der Waals surface area contributed by atoms with Crippen molar-refractivity contribution in [2.45, 2.75) is 19.8 Å². The van der Waals surface area contributed by atoms with Crippen LogP contribution in [0.1, 0.15) is 30.1 Å². The van der Waals surface area contributed by atoms with Crippen molar-refractivity contribution in [1.29, 1.82) is 0 Å². The lowest BCUT2D eigenvalue weighted by molar-refractivity contribution is 0.0963. The molecule has 0 atom stereocenters. The Morgan fingerprint density at radius 3 is 2.88 bits per heavy atom. The first kappa shape index (κ1) is 12.7. The molecule has 0 aliphatic carbocycles. The first-order valence-corrected chi connectivity index (χ1v) is 5.53. The molecule has 0 aliphatic rings. The highest BCUT2D eigenvalue weighted by Crippen LogP contribution is 2.15. The fourth-order valence-electron chi connectivity index (χ4n) is 1.45. The van der Waals surface area contributed by atoms with Gasteiger partial charge in [0.05, 0.1) is 6.61 Å². The van der Waals surface area contributed by atoms with E-state index in [4.69, 9.17) is 9.47 Å². The Morgan fingerprint density at radius 1 is 1.38 bits per heavy atom. The van der Waals surface area contributed by atoms with Gasteiger partial charge in [0.2, 0.25) is 0 Å². The van der Waals surface area contributed by atoms with E-state index in [1.54, 1.807) is 13.2 Å². The highest BCUT2D eigenvalue weighted by molar-refractivity contribution is 5.96. The van der Waals surface area contributed by atoms with Crippen molar-refractivity contribution in [2.75, 3.05) is 20.3 Å². The molecule has 0 fully saturated rings. The predicted octanol–water partition coefficient (Wildman–Crippen LogP) is 2.69. The minimum Gasteiger partial charge on any atom is -0.494 e. The van der Waals surface area contributed by atoms with E-state index < -0.39 is 0 Å². The smallest absolute Gasteiger partial charge is 0.163 e. The first-order chi connectivity index (χ1) is 7.77. The van der Waals surface area contributed by atoms with Crippen LogP contribution in [-0.2, 0) is 4.74 Å². The van der Waals surface area contributed by atoms with Gasteiger partial charge < -0.3 is 9.47 Å². The average Bonchev–Trinajstić information content (AvgIpc) is 2.30. The van der Waals surface area contributed by atoms with Crippen LogP contribution in [0, 0.1) is 0 Å². The zero-order valence-corrected chi connectivity index (χ0v) is 9.86. The number of rotatable bonds is 7. The monoisotopic (exact) mass is 222 g/mol. The summed E-state index contributed by atoms with van der Waals surface area (Å²) in [4.78, 5) is 11.8. The van der Waals surface area contributed by atoms with Crippen LogP contribution in [0.5, 0.6) is 5.75 Å². The summed E-state index contributed by atoms with van der Waals surface area (Å²) in [6, 6.07) is 7.31. The number of ketones is 1. The van der Waals surface area contributed by atoms with E-state index >= 15 is 0 Å². The molecule has 3 nitrogen and oxygen atoms in total. The SMILES string of the molecule is CCOc1cccc(C(=O)CCCOC)c1. The lowest BCUT2D eigenvalue weighted by atomic mass is 10.1. The third kappa shape index (κ3) is 4.03. The van der Waals surface area contributed by atoms with Crippen LogP contribution in [0.25, 0.3) is 0 Å². The number of carbonyl (C=O) groups is 1. The molecule has 0 heterocycles. The van der Waals surface area contributed by atoms with E-state index in [2.05, 4.69) is 0 Å². The summed E-state index contributed by atoms with van der Waals surface area (Å²) in [5, 5.41) is 0. The van der Waals surface area contributed by atoms with Crippen LogP contribution < -0.4 is 4.74 Å². The average molecular weight is 222 g/mol. The van der Waals surface area contributed by atoms with Gasteiger partial charge in [-0.1, -0.05) is 12.1 Å². The molecular formula is C13H18O3. The molecule has 16 heavy (non-hydrogen) atoms. The van der Waals surface area contributed by atoms with E-state index in [1.165, 1.54) is 0 Å². The van der Waals surface area contributed by atoms with Gasteiger partial charge in [-0.15, -0.1) is 0 Å². The van der Waals surface area contributed by atoms with Crippen LogP contribution in [0.2, 0.25) is 0 Å². The van der Waals surface area contributed by atoms with Crippen molar-refractivity contribution in [1.82, 2.24) is 0 Å². The highest BCUT2D eigenvalue weighted by Gasteiger charge is 2.06. The Balaban J connectivity index is 2.57. The van der Waals surface area contributed by atoms with Crippen LogP contribution in [0.4, 0.5) is 0 Å². The molecule has 0 spiro atoms. The number of methoxy groups -OCH3 is 1. The third-order valence-electron chi connectivity index (χ3n) is 2.22. The van der Waals surface area contributed by atoms with Gasteiger partial charge in [0.1, 0.15) is 5.75 Å². The van der Waals surface area contributed by atoms with Crippen molar-refractivity contribution in [3.8, 4) is 5.75 Å². The summed E-state index contributed by atoms with van der Waals surface area (Å²) in [5.41, 5.74) is 0.710. The second-order valence-electron chi connectivity index (χ2n) is 3.48. The Hall–Kier alpha value is -1.35. The summed E-state index contributed by atoms with van der Waals surface area (Å²) in [6.45, 7) is 3.16. The van der Waals surface area contributed by atoms with Gasteiger partial charge in [-0.25, -0.2) is 0 Å². The molecule has 0 amide bonds. The topological polar surface area (TPSA) is 35.5 Å². The molecule has 0 saturated carbocycles. The zero-order valence-electron chi connectivity index (χ0n) is 9.86. The fraction of sp³-hybridized carbons (Fsp3) is 0.462. The molecule has 0 unspecified atom stereocenters. The van der Waals surface area contributed by atoms with Crippen molar-refractivity contribution in [2.24, 2.45) is 0 Å². The Morgan fingerprint density at radius 2 is 2.19 bits per heavy atom. The largest absolute Gasteiger partial charge is 0.494 e. The number of hydrogen-bond acceptors (Lipinski definition) is 3. The lowest BCUT2D eigenvalue weighted by Gasteiger charge is -2.05. The molecule has 0 aliphatic heterocycles. The maximum atomic E-state index is 11.8. The maximum absolute atomic E-state index is 11.8. The molecule has 0 saturated heterocycles. The second kappa shape index (κ2) is 7.01. The van der Waals surface area contributed by atoms with Crippen molar-refractivity contribution in [3.63, 3.8) is 0 Å². The van der Waals surface area contributed by atoms with Gasteiger partial charge in [-0.05, 0) is 25.5 Å². The molecular weight excluding hydrogens is 204 g/mol. The third-order valence-corrected chi connectivity index (χ3v) is 2.22. The predicted molar refractivity (Wildman–Crippen MR) is 63.1 cm³/mol. The standard InChI is InChI=1S/C13H18O3/c1-3-16-12-7-4-6-11(10-12)13(14)8-5-9-15-2/h4,6-7,10H,3,5,8-9H2,1-2H3. The number of Topliss-reactive ketones (excluding diaryl/α,β-unsaturated/α-hetero) is 1. The van der Waals surface area contributed by atoms with Gasteiger partial charge >= 0.3 is 0 Å². The molecule has 88 valence electrons. The molecule has 0 N–H and O–H groups in total. The number of benzene rings is 1. The van der Waals surface area contributed by atoms with E-state index in [9.17, 15) is 4.79 Å². The quantitative estimate of drug-likeness (QED) is 0.525. The molecule has 1 rings (SSSR count). The normalized spacial score (nSPS) is 10.1. The second-order valence-corrected chi connectivity index (χ2v) is 3.48. The minimum absolute atomic E-state index is 0.138. The molecule has 3 heteroatoms. The summed E-state index contributed by atoms with van der Waals surface area (Å²) in [7, 11) is 1.64. The van der Waals surface area contributed by atoms with Gasteiger partial charge in [0.15, 0.2) is 5.78 Å². The van der Waals surface area contributed by atoms with Crippen LogP contribution >= 0.6 is 0 Å².